The minimum Gasteiger partial charge on any atom is -0.489 e. The van der Waals surface area contributed by atoms with E-state index in [2.05, 4.69) is 27.5 Å². The van der Waals surface area contributed by atoms with Gasteiger partial charge in [-0.2, -0.15) is 4.98 Å². The Morgan fingerprint density at radius 3 is 2.54 bits per heavy atom. The normalized spacial score (nSPS) is 12.3. The smallest absolute Gasteiger partial charge is 0.231 e. The van der Waals surface area contributed by atoms with Crippen LogP contribution < -0.4 is 10.1 Å². The van der Waals surface area contributed by atoms with E-state index in [0.717, 1.165) is 40.6 Å². The third-order valence-electron chi connectivity index (χ3n) is 4.33. The number of nitrogens with one attached hydrogen (secondary N) is 1. The third-order valence-corrected chi connectivity index (χ3v) is 4.33. The van der Waals surface area contributed by atoms with Crippen LogP contribution in [0, 0.1) is 13.8 Å². The lowest BCUT2D eigenvalue weighted by molar-refractivity contribution is 0.301. The molecule has 0 aliphatic carbocycles. The van der Waals surface area contributed by atoms with Gasteiger partial charge in [0.15, 0.2) is 5.82 Å². The second-order valence-corrected chi connectivity index (χ2v) is 6.41. The molecule has 0 bridgehead atoms. The lowest BCUT2D eigenvalue weighted by atomic mass is 10.1. The monoisotopic (exact) mass is 356 g/mol. The SMILES string of the molecule is CNC(C)Cc1noc(Cc2ccc(OCc3c(C)noc3C)cc2)n1. The molecule has 26 heavy (non-hydrogen) atoms. The topological polar surface area (TPSA) is 86.2 Å². The molecule has 0 fully saturated rings. The molecule has 0 saturated heterocycles. The maximum atomic E-state index is 5.82. The number of nitrogens with zero attached hydrogens (tertiary/aromatic N) is 3. The lowest BCUT2D eigenvalue weighted by Gasteiger charge is -2.06. The Morgan fingerprint density at radius 1 is 1.12 bits per heavy atom. The van der Waals surface area contributed by atoms with Crippen molar-refractivity contribution in [3.63, 3.8) is 0 Å². The number of likely N-dealkylation sites (N-methyl/N-ethyl adjacent to an activating group) is 1. The molecule has 2 aromatic heterocycles. The van der Waals surface area contributed by atoms with Crippen LogP contribution in [-0.2, 0) is 19.4 Å². The fourth-order valence-corrected chi connectivity index (χ4v) is 2.56. The molecule has 1 unspecified atom stereocenters. The van der Waals surface area contributed by atoms with Crippen LogP contribution in [0.25, 0.3) is 0 Å². The molecule has 0 aliphatic rings. The number of aryl methyl sites for hydroxylation is 2. The van der Waals surface area contributed by atoms with Gasteiger partial charge in [-0.3, -0.25) is 0 Å². The van der Waals surface area contributed by atoms with Crippen LogP contribution in [-0.4, -0.2) is 28.4 Å². The van der Waals surface area contributed by atoms with Gasteiger partial charge < -0.3 is 19.1 Å². The van der Waals surface area contributed by atoms with E-state index in [-0.39, 0.29) is 0 Å². The predicted octanol–water partition coefficient (Wildman–Crippen LogP) is 2.99. The molecule has 1 atom stereocenters. The quantitative estimate of drug-likeness (QED) is 0.664. The van der Waals surface area contributed by atoms with Crippen molar-refractivity contribution >= 4 is 0 Å². The van der Waals surface area contributed by atoms with Crippen LogP contribution in [0.2, 0.25) is 0 Å². The van der Waals surface area contributed by atoms with E-state index >= 15 is 0 Å². The van der Waals surface area contributed by atoms with Crippen LogP contribution in [0.5, 0.6) is 5.75 Å². The van der Waals surface area contributed by atoms with Gasteiger partial charge in [-0.05, 0) is 45.5 Å². The fourth-order valence-electron chi connectivity index (χ4n) is 2.56. The molecule has 1 aromatic carbocycles. The van der Waals surface area contributed by atoms with Gasteiger partial charge in [0.05, 0.1) is 17.7 Å². The summed E-state index contributed by atoms with van der Waals surface area (Å²) in [4.78, 5) is 4.44. The van der Waals surface area contributed by atoms with Crippen LogP contribution >= 0.6 is 0 Å². The van der Waals surface area contributed by atoms with Gasteiger partial charge in [0, 0.05) is 12.5 Å². The summed E-state index contributed by atoms with van der Waals surface area (Å²) in [6, 6.07) is 8.20. The van der Waals surface area contributed by atoms with Crippen molar-refractivity contribution in [3.05, 3.63) is 58.6 Å². The first kappa shape index (κ1) is 18.1. The maximum absolute atomic E-state index is 5.82. The average molecular weight is 356 g/mol. The van der Waals surface area contributed by atoms with Crippen molar-refractivity contribution < 1.29 is 13.8 Å². The van der Waals surface area contributed by atoms with E-state index in [1.807, 2.05) is 45.2 Å². The first-order chi connectivity index (χ1) is 12.5. The van der Waals surface area contributed by atoms with Crippen molar-refractivity contribution in [1.82, 2.24) is 20.6 Å². The highest BCUT2D eigenvalue weighted by Crippen LogP contribution is 2.19. The lowest BCUT2D eigenvalue weighted by Crippen LogP contribution is -2.24. The van der Waals surface area contributed by atoms with Crippen molar-refractivity contribution in [1.29, 1.82) is 0 Å². The van der Waals surface area contributed by atoms with Gasteiger partial charge in [-0.15, -0.1) is 0 Å². The summed E-state index contributed by atoms with van der Waals surface area (Å²) in [5.41, 5.74) is 2.94. The number of ether oxygens (including phenoxy) is 1. The summed E-state index contributed by atoms with van der Waals surface area (Å²) in [6.45, 7) is 6.32. The molecular weight excluding hydrogens is 332 g/mol. The molecule has 3 aromatic rings. The van der Waals surface area contributed by atoms with Gasteiger partial charge in [-0.25, -0.2) is 0 Å². The zero-order chi connectivity index (χ0) is 18.5. The molecule has 0 spiro atoms. The summed E-state index contributed by atoms with van der Waals surface area (Å²) < 4.78 is 16.3. The van der Waals surface area contributed by atoms with Crippen LogP contribution in [0.3, 0.4) is 0 Å². The predicted molar refractivity (Wildman–Crippen MR) is 96.1 cm³/mol. The summed E-state index contributed by atoms with van der Waals surface area (Å²) in [5, 5.41) is 11.1. The number of aromatic nitrogens is 3. The molecule has 0 amide bonds. The van der Waals surface area contributed by atoms with Crippen molar-refractivity contribution in [2.75, 3.05) is 7.05 Å². The molecule has 1 N–H and O–H groups in total. The Morgan fingerprint density at radius 2 is 1.88 bits per heavy atom. The van der Waals surface area contributed by atoms with Gasteiger partial charge in [0.2, 0.25) is 5.89 Å². The first-order valence-corrected chi connectivity index (χ1v) is 8.67. The molecule has 0 saturated carbocycles. The largest absolute Gasteiger partial charge is 0.489 e. The van der Waals surface area contributed by atoms with Crippen LogP contribution in [0.1, 0.15) is 41.2 Å². The molecule has 2 heterocycles. The number of rotatable bonds is 8. The number of benzene rings is 1. The Balaban J connectivity index is 1.56. The van der Waals surface area contributed by atoms with Gasteiger partial charge >= 0.3 is 0 Å². The molecule has 0 aliphatic heterocycles. The highest BCUT2D eigenvalue weighted by atomic mass is 16.5. The second kappa shape index (κ2) is 8.14. The zero-order valence-electron chi connectivity index (χ0n) is 15.6. The first-order valence-electron chi connectivity index (χ1n) is 8.67. The fraction of sp³-hybridized carbons (Fsp3) is 0.421. The van der Waals surface area contributed by atoms with Crippen LogP contribution in [0.4, 0.5) is 0 Å². The van der Waals surface area contributed by atoms with Crippen molar-refractivity contribution in [2.24, 2.45) is 0 Å². The Labute approximate surface area is 152 Å². The summed E-state index contributed by atoms with van der Waals surface area (Å²) in [5.74, 6) is 2.93. The van der Waals surface area contributed by atoms with E-state index in [0.29, 0.717) is 25.0 Å². The van der Waals surface area contributed by atoms with Gasteiger partial charge in [0.1, 0.15) is 18.1 Å². The Hall–Kier alpha value is -2.67. The highest BCUT2D eigenvalue weighted by molar-refractivity contribution is 5.29. The highest BCUT2D eigenvalue weighted by Gasteiger charge is 2.11. The summed E-state index contributed by atoms with van der Waals surface area (Å²) in [6.07, 6.45) is 1.35. The standard InChI is InChI=1S/C19H24N4O3/c1-12(20-4)9-18-21-19(26-23-18)10-15-5-7-16(8-6-15)24-11-17-13(2)22-25-14(17)3/h5-8,12,20H,9-11H2,1-4H3. The van der Waals surface area contributed by atoms with Gasteiger partial charge in [-0.1, -0.05) is 22.4 Å². The second-order valence-electron chi connectivity index (χ2n) is 6.41. The Kier molecular flexibility index (Phi) is 5.68. The molecular formula is C19H24N4O3. The third kappa shape index (κ3) is 4.49. The zero-order valence-corrected chi connectivity index (χ0v) is 15.6. The summed E-state index contributed by atoms with van der Waals surface area (Å²) in [7, 11) is 1.92. The van der Waals surface area contributed by atoms with E-state index in [1.54, 1.807) is 0 Å². The summed E-state index contributed by atoms with van der Waals surface area (Å²) >= 11 is 0. The Bertz CT molecular complexity index is 819. The number of hydrogen-bond donors (Lipinski definition) is 1. The van der Waals surface area contributed by atoms with E-state index < -0.39 is 0 Å². The molecule has 3 rings (SSSR count). The van der Waals surface area contributed by atoms with E-state index in [4.69, 9.17) is 13.8 Å². The minimum absolute atomic E-state index is 0.314. The molecule has 0 radical (unpaired) electrons. The van der Waals surface area contributed by atoms with Crippen LogP contribution in [0.15, 0.2) is 33.3 Å². The van der Waals surface area contributed by atoms with Gasteiger partial charge in [0.25, 0.3) is 0 Å². The van der Waals surface area contributed by atoms with E-state index in [9.17, 15) is 0 Å². The molecule has 7 nitrogen and oxygen atoms in total. The molecule has 138 valence electrons. The van der Waals surface area contributed by atoms with E-state index in [1.165, 1.54) is 0 Å². The number of hydrogen-bond acceptors (Lipinski definition) is 7. The van der Waals surface area contributed by atoms with Crippen molar-refractivity contribution in [2.45, 2.75) is 46.3 Å². The van der Waals surface area contributed by atoms with Crippen molar-refractivity contribution in [3.8, 4) is 5.75 Å². The maximum Gasteiger partial charge on any atom is 0.231 e. The minimum atomic E-state index is 0.314. The molecule has 7 heteroatoms. The average Bonchev–Trinajstić information content (AvgIpc) is 3.21.